The van der Waals surface area contributed by atoms with Crippen molar-refractivity contribution in [2.75, 3.05) is 10.6 Å². The van der Waals surface area contributed by atoms with E-state index in [-0.39, 0.29) is 0 Å². The van der Waals surface area contributed by atoms with Gasteiger partial charge in [-0.15, -0.1) is 0 Å². The van der Waals surface area contributed by atoms with Gasteiger partial charge in [-0.25, -0.2) is 0 Å². The number of para-hydroxylation sites is 3. The summed E-state index contributed by atoms with van der Waals surface area (Å²) in [6, 6.07) is 62.0. The van der Waals surface area contributed by atoms with Crippen molar-refractivity contribution in [3.63, 3.8) is 0 Å². The van der Waals surface area contributed by atoms with Crippen molar-refractivity contribution >= 4 is 44.4 Å². The second kappa shape index (κ2) is 14.8. The summed E-state index contributed by atoms with van der Waals surface area (Å²) < 4.78 is 2.36. The van der Waals surface area contributed by atoms with Crippen molar-refractivity contribution < 1.29 is 0 Å². The second-order valence-electron chi connectivity index (χ2n) is 13.4. The highest BCUT2D eigenvalue weighted by molar-refractivity contribution is 6.10. The van der Waals surface area contributed by atoms with Gasteiger partial charge < -0.3 is 15.2 Å². The van der Waals surface area contributed by atoms with E-state index in [2.05, 4.69) is 193 Å². The van der Waals surface area contributed by atoms with Crippen LogP contribution in [0.15, 0.2) is 207 Å². The van der Waals surface area contributed by atoms with E-state index in [1.807, 2.05) is 30.3 Å². The molecule has 1 aliphatic rings. The number of aromatic nitrogens is 1. The predicted molar refractivity (Wildman–Crippen MR) is 227 cm³/mol. The van der Waals surface area contributed by atoms with Gasteiger partial charge in [0.15, 0.2) is 0 Å². The van der Waals surface area contributed by atoms with Crippen LogP contribution in [0, 0.1) is 0 Å². The predicted octanol–water partition coefficient (Wildman–Crippen LogP) is 13.1. The molecule has 53 heavy (non-hydrogen) atoms. The van der Waals surface area contributed by atoms with Gasteiger partial charge in [0.05, 0.1) is 16.7 Å². The molecule has 0 amide bonds. The maximum absolute atomic E-state index is 5.36. The molecule has 1 unspecified atom stereocenters. The molecule has 2 N–H and O–H groups in total. The van der Waals surface area contributed by atoms with Crippen LogP contribution in [-0.2, 0) is 0 Å². The Kier molecular flexibility index (Phi) is 9.30. The maximum Gasteiger partial charge on any atom is 0.0541 e. The molecule has 3 nitrogen and oxygen atoms in total. The number of nitrogen functional groups attached to an aromatic ring is 1. The summed E-state index contributed by atoms with van der Waals surface area (Å²) in [4.78, 5) is 2.27. The van der Waals surface area contributed by atoms with E-state index in [4.69, 9.17) is 5.73 Å². The quantitative estimate of drug-likeness (QED) is 0.183. The number of anilines is 3. The summed E-state index contributed by atoms with van der Waals surface area (Å²) in [5, 5.41) is 2.50. The van der Waals surface area contributed by atoms with Crippen LogP contribution in [0.4, 0.5) is 17.1 Å². The fraction of sp³-hybridized carbons (Fsp3) is 0.0400. The zero-order valence-corrected chi connectivity index (χ0v) is 29.8. The van der Waals surface area contributed by atoms with Crippen molar-refractivity contribution in [3.05, 3.63) is 224 Å². The van der Waals surface area contributed by atoms with Crippen LogP contribution in [0.5, 0.6) is 0 Å². The summed E-state index contributed by atoms with van der Waals surface area (Å²) in [6.07, 6.45) is 8.39. The number of benzene rings is 7. The summed E-state index contributed by atoms with van der Waals surface area (Å²) >= 11 is 0. The molecule has 0 saturated heterocycles. The van der Waals surface area contributed by atoms with Crippen LogP contribution in [0.1, 0.15) is 29.5 Å². The van der Waals surface area contributed by atoms with E-state index in [1.165, 1.54) is 49.7 Å². The van der Waals surface area contributed by atoms with Crippen LogP contribution in [-0.4, -0.2) is 4.57 Å². The van der Waals surface area contributed by atoms with Crippen LogP contribution in [0.25, 0.3) is 44.2 Å². The Bertz CT molecular complexity index is 2580. The summed E-state index contributed by atoms with van der Waals surface area (Å²) in [5.74, 6) is 0.328. The van der Waals surface area contributed by atoms with E-state index in [0.29, 0.717) is 5.92 Å². The van der Waals surface area contributed by atoms with Crippen molar-refractivity contribution in [1.82, 2.24) is 4.57 Å². The Morgan fingerprint density at radius 2 is 1.13 bits per heavy atom. The lowest BCUT2D eigenvalue weighted by atomic mass is 9.93. The largest absolute Gasteiger partial charge is 0.399 e. The molecule has 1 aromatic heterocycles. The first-order chi connectivity index (χ1) is 26.0. The molecule has 0 radical (unpaired) electrons. The molecule has 0 spiro atoms. The average molecular weight is 684 g/mol. The molecule has 1 aliphatic heterocycles. The first kappa shape index (κ1) is 33.3. The first-order valence-corrected chi connectivity index (χ1v) is 18.1. The summed E-state index contributed by atoms with van der Waals surface area (Å²) in [7, 11) is 0. The highest BCUT2D eigenvalue weighted by Gasteiger charge is 2.18. The average Bonchev–Trinajstić information content (AvgIpc) is 3.55. The van der Waals surface area contributed by atoms with Crippen LogP contribution < -0.4 is 10.6 Å². The standard InChI is InChI=1S/C44H34N2.C6H7N/c1-31-13-11-12-28-45(37-24-20-34(21-25-37)32(2)33-14-5-3-6-15-33)42-26-22-35(29-40(31)42)36-23-27-44-41(30-36)39-18-9-10-19-43(39)46(44)38-16-7-4-8-17-38;7-6-4-2-1-3-5-6/h3-30,32H,1H2,2H3;1-5H,7H2/b13-11-,28-12-;. The normalized spacial score (nSPS) is 14.1. The van der Waals surface area contributed by atoms with E-state index >= 15 is 0 Å². The van der Waals surface area contributed by atoms with Gasteiger partial charge in [-0.2, -0.15) is 0 Å². The third-order valence-electron chi connectivity index (χ3n) is 10.0. The zero-order valence-electron chi connectivity index (χ0n) is 29.8. The lowest BCUT2D eigenvalue weighted by molar-refractivity contribution is 0.922. The topological polar surface area (TPSA) is 34.2 Å². The number of fused-ring (bicyclic) bond motifs is 4. The molecule has 1 atom stereocenters. The minimum atomic E-state index is 0.328. The SMILES string of the molecule is C=C1/C=C\C=C/N(c2ccc(C(C)c3ccccc3)cc2)c2ccc(-c3ccc4c(c3)c3ccccc3n4-c3ccccc3)cc21.Nc1ccccc1. The number of nitrogens with two attached hydrogens (primary N) is 1. The Morgan fingerprint density at radius 1 is 0.528 bits per heavy atom. The molecule has 7 aromatic carbocycles. The Balaban J connectivity index is 0.000000515. The van der Waals surface area contributed by atoms with Crippen LogP contribution >= 0.6 is 0 Å². The van der Waals surface area contributed by atoms with Crippen molar-refractivity contribution in [2.24, 2.45) is 0 Å². The van der Waals surface area contributed by atoms with Gasteiger partial charge in [0.25, 0.3) is 0 Å². The van der Waals surface area contributed by atoms with E-state index in [0.717, 1.165) is 28.2 Å². The monoisotopic (exact) mass is 683 g/mol. The van der Waals surface area contributed by atoms with E-state index in [9.17, 15) is 0 Å². The number of hydrogen-bond acceptors (Lipinski definition) is 2. The van der Waals surface area contributed by atoms with Gasteiger partial charge in [0.1, 0.15) is 0 Å². The van der Waals surface area contributed by atoms with Gasteiger partial charge in [-0.1, -0.05) is 135 Å². The third-order valence-corrected chi connectivity index (χ3v) is 10.0. The minimum absolute atomic E-state index is 0.328. The Hall–Kier alpha value is -6.84. The van der Waals surface area contributed by atoms with Crippen molar-refractivity contribution in [3.8, 4) is 16.8 Å². The van der Waals surface area contributed by atoms with E-state index in [1.54, 1.807) is 0 Å². The fourth-order valence-corrected chi connectivity index (χ4v) is 7.20. The molecule has 0 fully saturated rings. The molecular formula is C50H41N3. The maximum atomic E-state index is 5.36. The molecule has 9 rings (SSSR count). The molecule has 8 aromatic rings. The number of hydrogen-bond donors (Lipinski definition) is 1. The van der Waals surface area contributed by atoms with Gasteiger partial charge in [-0.05, 0) is 101 Å². The van der Waals surface area contributed by atoms with Crippen LogP contribution in [0.2, 0.25) is 0 Å². The first-order valence-electron chi connectivity index (χ1n) is 18.1. The third kappa shape index (κ3) is 6.81. The van der Waals surface area contributed by atoms with Gasteiger partial charge in [0.2, 0.25) is 0 Å². The molecule has 0 aliphatic carbocycles. The van der Waals surface area contributed by atoms with Gasteiger partial charge in [0, 0.05) is 45.5 Å². The fourth-order valence-electron chi connectivity index (χ4n) is 7.20. The van der Waals surface area contributed by atoms with Crippen molar-refractivity contribution in [1.29, 1.82) is 0 Å². The molecule has 0 saturated carbocycles. The number of rotatable bonds is 5. The molecule has 256 valence electrons. The lowest BCUT2D eigenvalue weighted by Crippen LogP contribution is -2.11. The van der Waals surface area contributed by atoms with Crippen molar-refractivity contribution in [2.45, 2.75) is 12.8 Å². The zero-order chi connectivity index (χ0) is 36.1. The Morgan fingerprint density at radius 3 is 1.85 bits per heavy atom. The number of allylic oxidation sites excluding steroid dienone is 4. The van der Waals surface area contributed by atoms with Gasteiger partial charge in [-0.3, -0.25) is 0 Å². The smallest absolute Gasteiger partial charge is 0.0541 e. The highest BCUT2D eigenvalue weighted by atomic mass is 15.1. The highest BCUT2D eigenvalue weighted by Crippen LogP contribution is 2.40. The summed E-state index contributed by atoms with van der Waals surface area (Å²) in [5.41, 5.74) is 19.1. The Labute approximate surface area is 311 Å². The molecule has 0 bridgehead atoms. The van der Waals surface area contributed by atoms with Crippen LogP contribution in [0.3, 0.4) is 0 Å². The molecule has 2 heterocycles. The minimum Gasteiger partial charge on any atom is -0.399 e. The van der Waals surface area contributed by atoms with Gasteiger partial charge >= 0.3 is 0 Å². The molecular weight excluding hydrogens is 643 g/mol. The molecule has 3 heteroatoms. The lowest BCUT2D eigenvalue weighted by Gasteiger charge is -2.26. The second-order valence-corrected chi connectivity index (χ2v) is 13.4. The summed E-state index contributed by atoms with van der Waals surface area (Å²) in [6.45, 7) is 6.73. The number of nitrogens with zero attached hydrogens (tertiary/aromatic N) is 2. The van der Waals surface area contributed by atoms with E-state index < -0.39 is 0 Å².